The topological polar surface area (TPSA) is 133 Å². The Labute approximate surface area is 235 Å². The number of nitriles is 2. The van der Waals surface area contributed by atoms with Gasteiger partial charge in [0.15, 0.2) is 5.75 Å². The molecule has 1 unspecified atom stereocenters. The maximum atomic E-state index is 11.4. The molecule has 9 heteroatoms. The predicted molar refractivity (Wildman–Crippen MR) is 153 cm³/mol. The molecule has 1 atom stereocenters. The van der Waals surface area contributed by atoms with Gasteiger partial charge >= 0.3 is 7.82 Å². The van der Waals surface area contributed by atoms with Gasteiger partial charge in [-0.15, -0.1) is 0 Å². The molecule has 8 nitrogen and oxygen atoms in total. The molecule has 0 amide bonds. The number of rotatable bonds is 24. The van der Waals surface area contributed by atoms with Crippen molar-refractivity contribution in [3.8, 4) is 17.9 Å². The van der Waals surface area contributed by atoms with Crippen LogP contribution >= 0.6 is 7.82 Å². The number of benzene rings is 1. The Morgan fingerprint density at radius 1 is 0.769 bits per heavy atom. The van der Waals surface area contributed by atoms with Gasteiger partial charge in [-0.1, -0.05) is 103 Å². The standard InChI is InChI=1S/C30H49N2O6P/c1-3-4-5-6-7-8-9-10-11-12-13-14-15-16-17-18-20-36-21-19-29(38-39(33,34)35)37-30-27(24-31)22-26(2)23-28(30)25-32/h22-23,29H,3-21H2,1-2H3,(H2,33,34,35). The average molecular weight is 565 g/mol. The lowest BCUT2D eigenvalue weighted by atomic mass is 10.0. The van der Waals surface area contributed by atoms with E-state index in [1.54, 1.807) is 19.1 Å². The third kappa shape index (κ3) is 18.1. The molecular weight excluding hydrogens is 515 g/mol. The number of phosphoric acid groups is 1. The number of hydrogen-bond donors (Lipinski definition) is 2. The molecule has 0 aliphatic heterocycles. The van der Waals surface area contributed by atoms with Crippen LogP contribution in [0.25, 0.3) is 0 Å². The first-order valence-electron chi connectivity index (χ1n) is 14.7. The van der Waals surface area contributed by atoms with Crippen molar-refractivity contribution in [1.29, 1.82) is 10.5 Å². The van der Waals surface area contributed by atoms with Crippen molar-refractivity contribution in [2.45, 2.75) is 129 Å². The molecule has 220 valence electrons. The average Bonchev–Trinajstić information content (AvgIpc) is 2.89. The van der Waals surface area contributed by atoms with Gasteiger partial charge in [0.2, 0.25) is 6.29 Å². The lowest BCUT2D eigenvalue weighted by molar-refractivity contribution is -0.0388. The van der Waals surface area contributed by atoms with Crippen molar-refractivity contribution in [2.24, 2.45) is 0 Å². The third-order valence-corrected chi connectivity index (χ3v) is 7.13. The lowest BCUT2D eigenvalue weighted by Gasteiger charge is -2.21. The monoisotopic (exact) mass is 564 g/mol. The van der Waals surface area contributed by atoms with Gasteiger partial charge in [0.25, 0.3) is 0 Å². The SMILES string of the molecule is CCCCCCCCCCCCCCCCCCOCCC(Oc1c(C#N)cc(C)cc1C#N)OP(=O)(O)O. The highest BCUT2D eigenvalue weighted by molar-refractivity contribution is 7.46. The Hall–Kier alpha value is -1.93. The summed E-state index contributed by atoms with van der Waals surface area (Å²) >= 11 is 0. The minimum absolute atomic E-state index is 0.0353. The summed E-state index contributed by atoms with van der Waals surface area (Å²) in [6.45, 7) is 4.70. The van der Waals surface area contributed by atoms with Crippen LogP contribution in [0.4, 0.5) is 0 Å². The van der Waals surface area contributed by atoms with Crippen LogP contribution in [0.5, 0.6) is 5.75 Å². The van der Waals surface area contributed by atoms with Crippen LogP contribution < -0.4 is 4.74 Å². The molecule has 0 bridgehead atoms. The van der Waals surface area contributed by atoms with Gasteiger partial charge in [-0.25, -0.2) is 9.09 Å². The van der Waals surface area contributed by atoms with Crippen molar-refractivity contribution in [3.63, 3.8) is 0 Å². The molecule has 0 radical (unpaired) electrons. The first-order valence-corrected chi connectivity index (χ1v) is 16.3. The van der Waals surface area contributed by atoms with Crippen molar-refractivity contribution in [1.82, 2.24) is 0 Å². The molecule has 1 rings (SSSR count). The summed E-state index contributed by atoms with van der Waals surface area (Å²) in [6.07, 6.45) is 19.4. The summed E-state index contributed by atoms with van der Waals surface area (Å²) in [7, 11) is -4.86. The minimum Gasteiger partial charge on any atom is -0.461 e. The zero-order valence-corrected chi connectivity index (χ0v) is 24.9. The number of nitrogens with zero attached hydrogens (tertiary/aromatic N) is 2. The van der Waals surface area contributed by atoms with E-state index in [4.69, 9.17) is 14.0 Å². The van der Waals surface area contributed by atoms with E-state index in [0.29, 0.717) is 12.2 Å². The van der Waals surface area contributed by atoms with E-state index in [1.165, 1.54) is 89.9 Å². The fourth-order valence-electron chi connectivity index (χ4n) is 4.52. The zero-order valence-electron chi connectivity index (χ0n) is 24.0. The Bertz CT molecular complexity index is 886. The summed E-state index contributed by atoms with van der Waals surface area (Å²) in [6, 6.07) is 6.98. The molecule has 0 aliphatic rings. The van der Waals surface area contributed by atoms with E-state index in [9.17, 15) is 24.9 Å². The Kier molecular flexibility index (Phi) is 19.7. The van der Waals surface area contributed by atoms with Crippen molar-refractivity contribution < 1.29 is 28.3 Å². The Morgan fingerprint density at radius 3 is 1.62 bits per heavy atom. The first kappa shape index (κ1) is 35.1. The molecule has 0 saturated carbocycles. The van der Waals surface area contributed by atoms with E-state index in [0.717, 1.165) is 12.8 Å². The molecular formula is C30H49N2O6P. The highest BCUT2D eigenvalue weighted by Crippen LogP contribution is 2.39. The largest absolute Gasteiger partial charge is 0.472 e. The lowest BCUT2D eigenvalue weighted by Crippen LogP contribution is -2.23. The maximum Gasteiger partial charge on any atom is 0.472 e. The fraction of sp³-hybridized carbons (Fsp3) is 0.733. The van der Waals surface area contributed by atoms with Gasteiger partial charge in [-0.3, -0.25) is 0 Å². The smallest absolute Gasteiger partial charge is 0.461 e. The van der Waals surface area contributed by atoms with Crippen LogP contribution in [0.2, 0.25) is 0 Å². The number of unbranched alkanes of at least 4 members (excludes halogenated alkanes) is 15. The second kappa shape index (κ2) is 21.8. The Balaban J connectivity index is 2.16. The number of ether oxygens (including phenoxy) is 2. The second-order valence-electron chi connectivity index (χ2n) is 10.3. The van der Waals surface area contributed by atoms with Crippen LogP contribution in [0.15, 0.2) is 12.1 Å². The molecule has 2 N–H and O–H groups in total. The Morgan fingerprint density at radius 2 is 1.21 bits per heavy atom. The molecule has 0 heterocycles. The molecule has 0 spiro atoms. The number of phosphoric ester groups is 1. The molecule has 0 aromatic heterocycles. The summed E-state index contributed by atoms with van der Waals surface area (Å²) in [5, 5.41) is 18.8. The highest BCUT2D eigenvalue weighted by atomic mass is 31.2. The molecule has 0 fully saturated rings. The number of aryl methyl sites for hydroxylation is 1. The van der Waals surface area contributed by atoms with Crippen LogP contribution in [0.3, 0.4) is 0 Å². The van der Waals surface area contributed by atoms with E-state index >= 15 is 0 Å². The third-order valence-electron chi connectivity index (χ3n) is 6.62. The quantitative estimate of drug-likeness (QED) is 0.0729. The van der Waals surface area contributed by atoms with Crippen molar-refractivity contribution in [2.75, 3.05) is 13.2 Å². The minimum atomic E-state index is -4.86. The van der Waals surface area contributed by atoms with Crippen LogP contribution in [-0.2, 0) is 13.8 Å². The van der Waals surface area contributed by atoms with Crippen LogP contribution in [0, 0.1) is 29.6 Å². The first-order chi connectivity index (χ1) is 18.8. The van der Waals surface area contributed by atoms with Gasteiger partial charge in [-0.05, 0) is 31.0 Å². The van der Waals surface area contributed by atoms with Crippen molar-refractivity contribution in [3.05, 3.63) is 28.8 Å². The normalized spacial score (nSPS) is 12.2. The summed E-state index contributed by atoms with van der Waals surface area (Å²) in [5.41, 5.74) is 0.893. The molecule has 0 saturated heterocycles. The summed E-state index contributed by atoms with van der Waals surface area (Å²) < 4.78 is 27.4. The second-order valence-corrected chi connectivity index (χ2v) is 11.5. The van der Waals surface area contributed by atoms with Gasteiger partial charge in [0, 0.05) is 13.0 Å². The highest BCUT2D eigenvalue weighted by Gasteiger charge is 2.26. The fourth-order valence-corrected chi connectivity index (χ4v) is 4.97. The van der Waals surface area contributed by atoms with Crippen LogP contribution in [-0.4, -0.2) is 29.3 Å². The molecule has 1 aromatic carbocycles. The summed E-state index contributed by atoms with van der Waals surface area (Å²) in [4.78, 5) is 18.5. The maximum absolute atomic E-state index is 11.4. The summed E-state index contributed by atoms with van der Waals surface area (Å²) in [5.74, 6) is -0.0538. The molecule has 1 aromatic rings. The molecule has 0 aliphatic carbocycles. The van der Waals surface area contributed by atoms with Crippen molar-refractivity contribution >= 4 is 7.82 Å². The van der Waals surface area contributed by atoms with Gasteiger partial charge in [0.1, 0.15) is 12.1 Å². The van der Waals surface area contributed by atoms with E-state index in [1.807, 2.05) is 12.1 Å². The van der Waals surface area contributed by atoms with E-state index in [2.05, 4.69) is 6.92 Å². The van der Waals surface area contributed by atoms with E-state index < -0.39 is 14.1 Å². The predicted octanol–water partition coefficient (Wildman–Crippen LogP) is 8.22. The van der Waals surface area contributed by atoms with Gasteiger partial charge < -0.3 is 19.3 Å². The van der Waals surface area contributed by atoms with Gasteiger partial charge in [-0.2, -0.15) is 10.5 Å². The molecule has 39 heavy (non-hydrogen) atoms. The van der Waals surface area contributed by atoms with Crippen LogP contribution in [0.1, 0.15) is 133 Å². The zero-order chi connectivity index (χ0) is 28.8. The van der Waals surface area contributed by atoms with Gasteiger partial charge in [0.05, 0.1) is 17.7 Å². The van der Waals surface area contributed by atoms with E-state index in [-0.39, 0.29) is 29.9 Å². The number of hydrogen-bond acceptors (Lipinski definition) is 6.